The van der Waals surface area contributed by atoms with Gasteiger partial charge in [-0.05, 0) is 62.6 Å². The molecule has 2 aromatic carbocycles. The summed E-state index contributed by atoms with van der Waals surface area (Å²) in [5.41, 5.74) is 0.728. The zero-order valence-electron chi connectivity index (χ0n) is 16.5. The molecule has 0 radical (unpaired) electrons. The third kappa shape index (κ3) is 5.63. The van der Waals surface area contributed by atoms with Gasteiger partial charge in [-0.2, -0.15) is 0 Å². The van der Waals surface area contributed by atoms with Gasteiger partial charge in [0.2, 0.25) is 0 Å². The van der Waals surface area contributed by atoms with Gasteiger partial charge >= 0.3 is 6.03 Å². The number of rotatable bonds is 7. The predicted octanol–water partition coefficient (Wildman–Crippen LogP) is 4.91. The van der Waals surface area contributed by atoms with Crippen LogP contribution in [-0.4, -0.2) is 43.8 Å². The van der Waals surface area contributed by atoms with E-state index in [9.17, 15) is 4.79 Å². The Bertz CT molecular complexity index is 757. The van der Waals surface area contributed by atoms with E-state index in [0.29, 0.717) is 24.6 Å². The Labute approximate surface area is 166 Å². The van der Waals surface area contributed by atoms with Crippen molar-refractivity contribution in [2.75, 3.05) is 32.1 Å². The molecule has 150 valence electrons. The van der Waals surface area contributed by atoms with Gasteiger partial charge in [0.1, 0.15) is 17.2 Å². The number of nitrogens with one attached hydrogen (secondary N) is 1. The van der Waals surface area contributed by atoms with E-state index in [4.69, 9.17) is 14.2 Å². The van der Waals surface area contributed by atoms with E-state index in [-0.39, 0.29) is 12.1 Å². The summed E-state index contributed by atoms with van der Waals surface area (Å²) >= 11 is 0. The highest BCUT2D eigenvalue weighted by atomic mass is 16.5. The number of carbonyl (C=O) groups is 1. The number of nitrogens with zero attached hydrogens (tertiary/aromatic N) is 1. The van der Waals surface area contributed by atoms with Gasteiger partial charge in [-0.1, -0.05) is 6.07 Å². The van der Waals surface area contributed by atoms with E-state index in [2.05, 4.69) is 5.32 Å². The number of ether oxygens (including phenoxy) is 3. The molecule has 0 spiro atoms. The third-order valence-corrected chi connectivity index (χ3v) is 4.75. The number of carbonyl (C=O) groups excluding carboxylic acids is 1. The van der Waals surface area contributed by atoms with E-state index >= 15 is 0 Å². The molecule has 6 heteroatoms. The first-order chi connectivity index (χ1) is 13.7. The van der Waals surface area contributed by atoms with Gasteiger partial charge in [-0.25, -0.2) is 4.79 Å². The van der Waals surface area contributed by atoms with Gasteiger partial charge in [0, 0.05) is 31.5 Å². The molecule has 1 fully saturated rings. The molecule has 0 aliphatic carbocycles. The Kier molecular flexibility index (Phi) is 7.14. The zero-order valence-corrected chi connectivity index (χ0v) is 16.5. The summed E-state index contributed by atoms with van der Waals surface area (Å²) in [5.74, 6) is 2.12. The van der Waals surface area contributed by atoms with Gasteiger partial charge in [0.25, 0.3) is 0 Å². The van der Waals surface area contributed by atoms with Crippen molar-refractivity contribution < 1.29 is 19.0 Å². The SMILES string of the molecule is CCN(CC1CCCCO1)C(=O)Nc1ccc(Oc2cccc(OC)c2)cc1. The second kappa shape index (κ2) is 9.99. The van der Waals surface area contributed by atoms with Crippen molar-refractivity contribution in [1.82, 2.24) is 4.90 Å². The van der Waals surface area contributed by atoms with Gasteiger partial charge < -0.3 is 24.4 Å². The van der Waals surface area contributed by atoms with Crippen molar-refractivity contribution in [1.29, 1.82) is 0 Å². The molecule has 1 unspecified atom stereocenters. The molecule has 1 aliphatic heterocycles. The summed E-state index contributed by atoms with van der Waals surface area (Å²) in [6.07, 6.45) is 3.43. The first-order valence-corrected chi connectivity index (χ1v) is 9.77. The standard InChI is InChI=1S/C22H28N2O4/c1-3-24(16-21-7-4-5-14-27-21)22(25)23-17-10-12-18(13-11-17)28-20-9-6-8-19(15-20)26-2/h6,8-13,15,21H,3-5,7,14,16H2,1-2H3,(H,23,25). The molecule has 2 aromatic rings. The summed E-state index contributed by atoms with van der Waals surface area (Å²) in [5, 5.41) is 2.95. The second-order valence-corrected chi connectivity index (χ2v) is 6.76. The predicted molar refractivity (Wildman–Crippen MR) is 109 cm³/mol. The minimum absolute atomic E-state index is 0.113. The van der Waals surface area contributed by atoms with Gasteiger partial charge in [-0.3, -0.25) is 0 Å². The second-order valence-electron chi connectivity index (χ2n) is 6.76. The average molecular weight is 384 g/mol. The van der Waals surface area contributed by atoms with Crippen molar-refractivity contribution in [3.8, 4) is 17.2 Å². The fourth-order valence-corrected chi connectivity index (χ4v) is 3.16. The van der Waals surface area contributed by atoms with E-state index < -0.39 is 0 Å². The quantitative estimate of drug-likeness (QED) is 0.737. The molecular weight excluding hydrogens is 356 g/mol. The van der Waals surface area contributed by atoms with Gasteiger partial charge in [0.05, 0.1) is 13.2 Å². The van der Waals surface area contributed by atoms with E-state index in [0.717, 1.165) is 30.9 Å². The largest absolute Gasteiger partial charge is 0.497 e. The van der Waals surface area contributed by atoms with Crippen LogP contribution in [0.1, 0.15) is 26.2 Å². The molecule has 1 heterocycles. The van der Waals surface area contributed by atoms with Crippen LogP contribution in [0.4, 0.5) is 10.5 Å². The topological polar surface area (TPSA) is 60.0 Å². The van der Waals surface area contributed by atoms with Crippen LogP contribution in [0, 0.1) is 0 Å². The van der Waals surface area contributed by atoms with Crippen LogP contribution in [0.15, 0.2) is 48.5 Å². The lowest BCUT2D eigenvalue weighted by Crippen LogP contribution is -2.41. The van der Waals surface area contributed by atoms with Crippen molar-refractivity contribution in [3.05, 3.63) is 48.5 Å². The number of hydrogen-bond acceptors (Lipinski definition) is 4. The molecule has 3 rings (SSSR count). The van der Waals surface area contributed by atoms with Gasteiger partial charge in [0.15, 0.2) is 0 Å². The van der Waals surface area contributed by atoms with E-state index in [1.807, 2.05) is 55.5 Å². The molecule has 0 bridgehead atoms. The highest BCUT2D eigenvalue weighted by molar-refractivity contribution is 5.89. The number of urea groups is 1. The number of methoxy groups -OCH3 is 1. The lowest BCUT2D eigenvalue weighted by atomic mass is 10.1. The fourth-order valence-electron chi connectivity index (χ4n) is 3.16. The smallest absolute Gasteiger partial charge is 0.321 e. The van der Waals surface area contributed by atoms with Crippen molar-refractivity contribution in [2.45, 2.75) is 32.3 Å². The van der Waals surface area contributed by atoms with Crippen LogP contribution in [-0.2, 0) is 4.74 Å². The third-order valence-electron chi connectivity index (χ3n) is 4.75. The number of likely N-dealkylation sites (N-methyl/N-ethyl adjacent to an activating group) is 1. The maximum atomic E-state index is 12.6. The summed E-state index contributed by atoms with van der Waals surface area (Å²) in [6, 6.07) is 14.6. The van der Waals surface area contributed by atoms with E-state index in [1.165, 1.54) is 6.42 Å². The minimum atomic E-state index is -0.113. The molecule has 6 nitrogen and oxygen atoms in total. The summed E-state index contributed by atoms with van der Waals surface area (Å²) < 4.78 is 16.8. The molecular formula is C22H28N2O4. The van der Waals surface area contributed by atoms with Crippen molar-refractivity contribution in [2.24, 2.45) is 0 Å². The number of hydrogen-bond donors (Lipinski definition) is 1. The first kappa shape index (κ1) is 20.0. The molecule has 1 saturated heterocycles. The molecule has 1 N–H and O–H groups in total. The summed E-state index contributed by atoms with van der Waals surface area (Å²) in [4.78, 5) is 14.4. The van der Waals surface area contributed by atoms with Crippen LogP contribution >= 0.6 is 0 Å². The number of amides is 2. The number of anilines is 1. The summed E-state index contributed by atoms with van der Waals surface area (Å²) in [7, 11) is 1.62. The summed E-state index contributed by atoms with van der Waals surface area (Å²) in [6.45, 7) is 4.04. The highest BCUT2D eigenvalue weighted by Gasteiger charge is 2.20. The van der Waals surface area contributed by atoms with E-state index in [1.54, 1.807) is 12.0 Å². The average Bonchev–Trinajstić information content (AvgIpc) is 2.74. The maximum Gasteiger partial charge on any atom is 0.321 e. The van der Waals surface area contributed by atoms with Crippen LogP contribution < -0.4 is 14.8 Å². The molecule has 0 saturated carbocycles. The van der Waals surface area contributed by atoms with Crippen LogP contribution in [0.3, 0.4) is 0 Å². The van der Waals surface area contributed by atoms with Crippen LogP contribution in [0.5, 0.6) is 17.2 Å². The molecule has 28 heavy (non-hydrogen) atoms. The van der Waals surface area contributed by atoms with Crippen LogP contribution in [0.25, 0.3) is 0 Å². The molecule has 1 aliphatic rings. The Morgan fingerprint density at radius 3 is 2.61 bits per heavy atom. The Morgan fingerprint density at radius 1 is 1.14 bits per heavy atom. The molecule has 1 atom stereocenters. The fraction of sp³-hybridized carbons (Fsp3) is 0.409. The van der Waals surface area contributed by atoms with Crippen LogP contribution in [0.2, 0.25) is 0 Å². The van der Waals surface area contributed by atoms with Crippen molar-refractivity contribution >= 4 is 11.7 Å². The minimum Gasteiger partial charge on any atom is -0.497 e. The lowest BCUT2D eigenvalue weighted by molar-refractivity contribution is 0.00221. The Hall–Kier alpha value is -2.73. The molecule has 2 amide bonds. The molecule has 0 aromatic heterocycles. The monoisotopic (exact) mass is 384 g/mol. The normalized spacial score (nSPS) is 16.3. The Balaban J connectivity index is 1.55. The first-order valence-electron chi connectivity index (χ1n) is 9.77. The maximum absolute atomic E-state index is 12.6. The Morgan fingerprint density at radius 2 is 1.93 bits per heavy atom. The zero-order chi connectivity index (χ0) is 19.8. The van der Waals surface area contributed by atoms with Crippen molar-refractivity contribution in [3.63, 3.8) is 0 Å². The number of benzene rings is 2. The lowest BCUT2D eigenvalue weighted by Gasteiger charge is -2.29. The van der Waals surface area contributed by atoms with Gasteiger partial charge in [-0.15, -0.1) is 0 Å². The highest BCUT2D eigenvalue weighted by Crippen LogP contribution is 2.26.